The number of benzene rings is 1. The molecule has 3 N–H and O–H groups in total. The van der Waals surface area contributed by atoms with Crippen molar-refractivity contribution in [3.63, 3.8) is 0 Å². The molecule has 2 aliphatic rings. The van der Waals surface area contributed by atoms with Crippen LogP contribution in [0.15, 0.2) is 27.4 Å². The summed E-state index contributed by atoms with van der Waals surface area (Å²) < 4.78 is 19.8. The Bertz CT molecular complexity index is 1550. The Hall–Kier alpha value is -3.51. The van der Waals surface area contributed by atoms with Crippen molar-refractivity contribution in [2.75, 3.05) is 43.4 Å². The van der Waals surface area contributed by atoms with E-state index in [4.69, 9.17) is 10.2 Å². The molecule has 0 saturated carbocycles. The van der Waals surface area contributed by atoms with E-state index in [9.17, 15) is 14.1 Å². The van der Waals surface area contributed by atoms with Crippen LogP contribution in [0.2, 0.25) is 0 Å². The number of aromatic nitrogens is 4. The molecule has 5 heterocycles. The van der Waals surface area contributed by atoms with Gasteiger partial charge in [0.1, 0.15) is 22.8 Å². The third kappa shape index (κ3) is 3.63. The van der Waals surface area contributed by atoms with Crippen LogP contribution in [0.25, 0.3) is 33.3 Å². The van der Waals surface area contributed by atoms with Crippen molar-refractivity contribution in [3.05, 3.63) is 39.7 Å². The SMILES string of the molecule is Cc1ccc2oc(-c3c4c(N)n[nH]c(=O)c4nn3C3CCN(C(=O)N4CC[S+]([O-])CC4)C3)c(C)c2c1. The van der Waals surface area contributed by atoms with Crippen molar-refractivity contribution >= 4 is 44.9 Å². The third-order valence-electron chi connectivity index (χ3n) is 7.19. The number of nitrogens with zero attached hydrogens (tertiary/aromatic N) is 5. The predicted octanol–water partition coefficient (Wildman–Crippen LogP) is 2.16. The number of hydrogen-bond donors (Lipinski definition) is 2. The van der Waals surface area contributed by atoms with Crippen LogP contribution in [0.5, 0.6) is 0 Å². The molecule has 6 rings (SSSR count). The van der Waals surface area contributed by atoms with E-state index in [0.29, 0.717) is 60.9 Å². The molecule has 188 valence electrons. The van der Waals surface area contributed by atoms with Gasteiger partial charge in [0, 0.05) is 24.0 Å². The van der Waals surface area contributed by atoms with Crippen LogP contribution in [-0.2, 0) is 11.2 Å². The first kappa shape index (κ1) is 22.9. The van der Waals surface area contributed by atoms with Gasteiger partial charge in [-0.2, -0.15) is 10.2 Å². The minimum atomic E-state index is -0.852. The van der Waals surface area contributed by atoms with E-state index in [1.54, 1.807) is 14.5 Å². The molecule has 2 aliphatic heterocycles. The molecule has 11 nitrogen and oxygen atoms in total. The standard InChI is InChI=1S/C24H27N7O4S/c1-13-3-4-17-16(11-13)14(2)21(35-17)20-18-19(23(32)27-26-22(18)25)28-31(20)15-5-6-30(12-15)24(33)29-7-9-36(34)10-8-29/h3-4,11,15H,5-10,12H2,1-2H3,(H2,25,26)(H,27,32). The number of likely N-dealkylation sites (tertiary alicyclic amines) is 1. The maximum absolute atomic E-state index is 13.1. The summed E-state index contributed by atoms with van der Waals surface area (Å²) in [6, 6.07) is 5.75. The molecule has 1 aromatic carbocycles. The first-order valence-corrected chi connectivity index (χ1v) is 13.5. The highest BCUT2D eigenvalue weighted by Crippen LogP contribution is 2.40. The molecule has 0 aliphatic carbocycles. The molecule has 2 fully saturated rings. The van der Waals surface area contributed by atoms with Crippen molar-refractivity contribution in [3.8, 4) is 11.5 Å². The summed E-state index contributed by atoms with van der Waals surface area (Å²) in [4.78, 5) is 29.4. The van der Waals surface area contributed by atoms with E-state index in [2.05, 4.69) is 21.4 Å². The minimum Gasteiger partial charge on any atom is -0.616 e. The van der Waals surface area contributed by atoms with Gasteiger partial charge < -0.3 is 24.5 Å². The fraction of sp³-hybridized carbons (Fsp3) is 0.417. The summed E-state index contributed by atoms with van der Waals surface area (Å²) in [5.41, 5.74) is 9.37. The summed E-state index contributed by atoms with van der Waals surface area (Å²) in [7, 11) is 0. The van der Waals surface area contributed by atoms with Crippen LogP contribution < -0.4 is 11.3 Å². The Balaban J connectivity index is 1.43. The number of hydrogen-bond acceptors (Lipinski definition) is 7. The van der Waals surface area contributed by atoms with Gasteiger partial charge >= 0.3 is 6.03 Å². The Kier molecular flexibility index (Phi) is 5.45. The largest absolute Gasteiger partial charge is 0.616 e. The third-order valence-corrected chi connectivity index (χ3v) is 8.47. The van der Waals surface area contributed by atoms with Gasteiger partial charge in [-0.15, -0.1) is 0 Å². The average molecular weight is 510 g/mol. The van der Waals surface area contributed by atoms with Gasteiger partial charge in [-0.1, -0.05) is 22.8 Å². The normalized spacial score (nSPS) is 19.1. The molecular formula is C24H27N7O4S. The molecule has 0 spiro atoms. The lowest BCUT2D eigenvalue weighted by molar-refractivity contribution is 0.165. The lowest BCUT2D eigenvalue weighted by Gasteiger charge is -2.31. The lowest BCUT2D eigenvalue weighted by atomic mass is 10.1. The van der Waals surface area contributed by atoms with E-state index in [-0.39, 0.29) is 23.4 Å². The van der Waals surface area contributed by atoms with Gasteiger partial charge in [0.05, 0.1) is 24.5 Å². The maximum Gasteiger partial charge on any atom is 0.320 e. The minimum absolute atomic E-state index is 0.0538. The number of fused-ring (bicyclic) bond motifs is 2. The van der Waals surface area contributed by atoms with Crippen LogP contribution in [0, 0.1) is 13.8 Å². The highest BCUT2D eigenvalue weighted by atomic mass is 32.2. The van der Waals surface area contributed by atoms with Crippen molar-refractivity contribution in [1.29, 1.82) is 0 Å². The van der Waals surface area contributed by atoms with E-state index >= 15 is 0 Å². The number of furan rings is 1. The van der Waals surface area contributed by atoms with Crippen LogP contribution >= 0.6 is 0 Å². The number of nitrogens with two attached hydrogens (primary N) is 1. The summed E-state index contributed by atoms with van der Waals surface area (Å²) in [6.45, 7) is 5.99. The Labute approximate surface area is 209 Å². The van der Waals surface area contributed by atoms with Crippen molar-refractivity contribution < 1.29 is 13.8 Å². The highest BCUT2D eigenvalue weighted by Gasteiger charge is 2.36. The van der Waals surface area contributed by atoms with E-state index < -0.39 is 16.7 Å². The fourth-order valence-corrected chi connectivity index (χ4v) is 6.29. The van der Waals surface area contributed by atoms with Crippen LogP contribution in [0.4, 0.5) is 10.6 Å². The second-order valence-electron chi connectivity index (χ2n) is 9.52. The number of nitrogens with one attached hydrogen (secondary N) is 1. The smallest absolute Gasteiger partial charge is 0.320 e. The zero-order valence-corrected chi connectivity index (χ0v) is 20.9. The number of aromatic amines is 1. The lowest BCUT2D eigenvalue weighted by Crippen LogP contribution is -2.49. The van der Waals surface area contributed by atoms with Gasteiger partial charge in [-0.25, -0.2) is 9.89 Å². The number of rotatable bonds is 2. The van der Waals surface area contributed by atoms with Gasteiger partial charge in [0.15, 0.2) is 17.1 Å². The Morgan fingerprint density at radius 3 is 2.78 bits per heavy atom. The monoisotopic (exact) mass is 509 g/mol. The van der Waals surface area contributed by atoms with Crippen LogP contribution in [0.3, 0.4) is 0 Å². The molecule has 12 heteroatoms. The molecular weight excluding hydrogens is 482 g/mol. The Morgan fingerprint density at radius 2 is 2.00 bits per heavy atom. The molecule has 1 atom stereocenters. The van der Waals surface area contributed by atoms with E-state index in [1.807, 2.05) is 26.0 Å². The van der Waals surface area contributed by atoms with E-state index in [1.165, 1.54) is 0 Å². The first-order valence-electron chi connectivity index (χ1n) is 12.0. The van der Waals surface area contributed by atoms with Gasteiger partial charge in [0.25, 0.3) is 5.56 Å². The molecule has 0 bridgehead atoms. The number of anilines is 1. The molecule has 0 radical (unpaired) electrons. The van der Waals surface area contributed by atoms with E-state index in [0.717, 1.165) is 22.1 Å². The number of H-pyrrole nitrogens is 1. The molecule has 2 amide bonds. The van der Waals surface area contributed by atoms with Crippen LogP contribution in [-0.4, -0.2) is 78.0 Å². The van der Waals surface area contributed by atoms with Gasteiger partial charge in [-0.3, -0.25) is 9.48 Å². The number of aryl methyl sites for hydroxylation is 2. The molecule has 4 aromatic rings. The molecule has 2 saturated heterocycles. The zero-order valence-electron chi connectivity index (χ0n) is 20.1. The van der Waals surface area contributed by atoms with Crippen molar-refractivity contribution in [2.24, 2.45) is 0 Å². The fourth-order valence-electron chi connectivity index (χ4n) is 5.24. The summed E-state index contributed by atoms with van der Waals surface area (Å²) >= 11 is -0.852. The van der Waals surface area contributed by atoms with Crippen molar-refractivity contribution in [2.45, 2.75) is 26.3 Å². The highest BCUT2D eigenvalue weighted by molar-refractivity contribution is 7.91. The van der Waals surface area contributed by atoms with Gasteiger partial charge in [0.2, 0.25) is 0 Å². The summed E-state index contributed by atoms with van der Waals surface area (Å²) in [5, 5.41) is 12.5. The quantitative estimate of drug-likeness (QED) is 0.393. The number of amides is 2. The Morgan fingerprint density at radius 1 is 1.22 bits per heavy atom. The number of urea groups is 1. The first-order chi connectivity index (χ1) is 17.3. The summed E-state index contributed by atoms with van der Waals surface area (Å²) in [5.74, 6) is 1.77. The second kappa shape index (κ2) is 8.56. The molecule has 36 heavy (non-hydrogen) atoms. The number of carbonyl (C=O) groups is 1. The number of carbonyl (C=O) groups excluding carboxylic acids is 1. The summed E-state index contributed by atoms with van der Waals surface area (Å²) in [6.07, 6.45) is 0.663. The van der Waals surface area contributed by atoms with Crippen molar-refractivity contribution in [1.82, 2.24) is 29.8 Å². The molecule has 3 aromatic heterocycles. The predicted molar refractivity (Wildman–Crippen MR) is 137 cm³/mol. The average Bonchev–Trinajstić information content (AvgIpc) is 3.58. The zero-order chi connectivity index (χ0) is 25.1. The molecule has 1 unspecified atom stereocenters. The topological polar surface area (TPSA) is 149 Å². The van der Waals surface area contributed by atoms with Gasteiger partial charge in [-0.05, 0) is 32.4 Å². The maximum atomic E-state index is 13.1. The van der Waals surface area contributed by atoms with Crippen LogP contribution in [0.1, 0.15) is 23.6 Å². The second-order valence-corrected chi connectivity index (χ2v) is 11.2. The number of nitrogen functional groups attached to an aromatic ring is 1.